The topological polar surface area (TPSA) is 75.1 Å². The van der Waals surface area contributed by atoms with Crippen LogP contribution in [0.2, 0.25) is 5.02 Å². The largest absolute Gasteiger partial charge is 0.492 e. The molecule has 9 heteroatoms. The zero-order valence-corrected chi connectivity index (χ0v) is 24.2. The molecule has 8 nitrogen and oxygen atoms in total. The molecule has 0 amide bonds. The molecule has 0 unspecified atom stereocenters. The second-order valence-electron chi connectivity index (χ2n) is 9.67. The summed E-state index contributed by atoms with van der Waals surface area (Å²) in [6, 6.07) is 19.1. The van der Waals surface area contributed by atoms with Crippen LogP contribution in [0, 0.1) is 0 Å². The number of likely N-dealkylation sites (N-methyl/N-ethyl adjacent to an activating group) is 1. The van der Waals surface area contributed by atoms with Gasteiger partial charge in [0.05, 0.1) is 17.6 Å². The van der Waals surface area contributed by atoms with Gasteiger partial charge < -0.3 is 28.4 Å². The number of esters is 1. The lowest BCUT2D eigenvalue weighted by atomic mass is 10.1. The molecule has 0 spiro atoms. The summed E-state index contributed by atoms with van der Waals surface area (Å²) in [5, 5.41) is 0.671. The molecule has 0 aliphatic rings. The first kappa shape index (κ1) is 29.2. The van der Waals surface area contributed by atoms with Gasteiger partial charge in [-0.25, -0.2) is 4.98 Å². The molecule has 0 saturated carbocycles. The van der Waals surface area contributed by atoms with Gasteiger partial charge in [-0.15, -0.1) is 0 Å². The number of ether oxygens (including phenoxy) is 4. The van der Waals surface area contributed by atoms with Gasteiger partial charge in [0, 0.05) is 37.2 Å². The van der Waals surface area contributed by atoms with Crippen LogP contribution in [0.5, 0.6) is 17.2 Å². The molecule has 40 heavy (non-hydrogen) atoms. The first-order chi connectivity index (χ1) is 19.3. The van der Waals surface area contributed by atoms with Gasteiger partial charge in [0.15, 0.2) is 0 Å². The fourth-order valence-corrected chi connectivity index (χ4v) is 4.24. The van der Waals surface area contributed by atoms with Gasteiger partial charge in [0.1, 0.15) is 42.9 Å². The Kier molecular flexibility index (Phi) is 10.3. The van der Waals surface area contributed by atoms with Crippen molar-refractivity contribution in [3.8, 4) is 17.2 Å². The van der Waals surface area contributed by atoms with Gasteiger partial charge >= 0.3 is 5.97 Å². The van der Waals surface area contributed by atoms with Crippen LogP contribution in [-0.2, 0) is 36.2 Å². The molecular weight excluding hydrogens is 530 g/mol. The number of hydrogen-bond donors (Lipinski definition) is 0. The third-order valence-corrected chi connectivity index (χ3v) is 6.62. The Labute approximate surface area is 240 Å². The van der Waals surface area contributed by atoms with Gasteiger partial charge in [0.25, 0.3) is 0 Å². The van der Waals surface area contributed by atoms with E-state index in [-0.39, 0.29) is 19.0 Å². The summed E-state index contributed by atoms with van der Waals surface area (Å²) < 4.78 is 25.3. The highest BCUT2D eigenvalue weighted by Crippen LogP contribution is 2.29. The van der Waals surface area contributed by atoms with Crippen molar-refractivity contribution in [2.45, 2.75) is 33.0 Å². The molecule has 0 bridgehead atoms. The van der Waals surface area contributed by atoms with Crippen LogP contribution in [0.1, 0.15) is 30.3 Å². The number of carbonyl (C=O) groups excluding carboxylic acids is 1. The summed E-state index contributed by atoms with van der Waals surface area (Å²) in [4.78, 5) is 18.8. The third kappa shape index (κ3) is 8.13. The Morgan fingerprint density at radius 2 is 1.70 bits per heavy atom. The molecule has 212 valence electrons. The van der Waals surface area contributed by atoms with Crippen molar-refractivity contribution in [3.63, 3.8) is 0 Å². The van der Waals surface area contributed by atoms with Crippen molar-refractivity contribution >= 4 is 28.6 Å². The zero-order valence-electron chi connectivity index (χ0n) is 23.5. The number of halogens is 1. The van der Waals surface area contributed by atoms with E-state index in [0.29, 0.717) is 42.8 Å². The van der Waals surface area contributed by atoms with Crippen LogP contribution in [0.3, 0.4) is 0 Å². The Balaban J connectivity index is 1.46. The van der Waals surface area contributed by atoms with E-state index in [9.17, 15) is 4.79 Å². The van der Waals surface area contributed by atoms with Crippen molar-refractivity contribution < 1.29 is 23.7 Å². The number of aryl methyl sites for hydroxylation is 2. The highest BCUT2D eigenvalue weighted by molar-refractivity contribution is 6.30. The number of hydrogen-bond acceptors (Lipinski definition) is 7. The van der Waals surface area contributed by atoms with Crippen molar-refractivity contribution in [2.75, 3.05) is 33.9 Å². The lowest BCUT2D eigenvalue weighted by Crippen LogP contribution is -2.19. The number of nitrogens with zero attached hydrogens (tertiary/aromatic N) is 3. The summed E-state index contributed by atoms with van der Waals surface area (Å²) in [7, 11) is 6.01. The number of imidazole rings is 1. The molecule has 0 N–H and O–H groups in total. The number of aromatic nitrogens is 2. The first-order valence-corrected chi connectivity index (χ1v) is 13.7. The SMILES string of the molecule is CCOC(=O)CCc1ccc(OCc2nc3ccc(OCCN(C)C)cc3n2C)cc1OCc1ccc(Cl)cc1. The van der Waals surface area contributed by atoms with Crippen LogP contribution in [0.25, 0.3) is 11.0 Å². The predicted molar refractivity (Wildman–Crippen MR) is 156 cm³/mol. The molecule has 4 aromatic rings. The van der Waals surface area contributed by atoms with E-state index in [1.807, 2.05) is 86.4 Å². The minimum atomic E-state index is -0.236. The van der Waals surface area contributed by atoms with Gasteiger partial charge in [-0.3, -0.25) is 4.79 Å². The molecule has 0 atom stereocenters. The zero-order chi connectivity index (χ0) is 28.5. The molecule has 1 heterocycles. The van der Waals surface area contributed by atoms with E-state index < -0.39 is 0 Å². The fourth-order valence-electron chi connectivity index (χ4n) is 4.11. The van der Waals surface area contributed by atoms with E-state index in [1.54, 1.807) is 6.92 Å². The monoisotopic (exact) mass is 565 g/mol. The summed E-state index contributed by atoms with van der Waals surface area (Å²) in [5.74, 6) is 2.66. The average molecular weight is 566 g/mol. The van der Waals surface area contributed by atoms with Gasteiger partial charge in [-0.2, -0.15) is 0 Å². The highest BCUT2D eigenvalue weighted by Gasteiger charge is 2.13. The van der Waals surface area contributed by atoms with Crippen LogP contribution in [-0.4, -0.2) is 54.3 Å². The summed E-state index contributed by atoms with van der Waals surface area (Å²) >= 11 is 6.02. The lowest BCUT2D eigenvalue weighted by molar-refractivity contribution is -0.143. The molecule has 3 aromatic carbocycles. The molecule has 0 aliphatic carbocycles. The number of rotatable bonds is 14. The molecule has 1 aromatic heterocycles. The van der Waals surface area contributed by atoms with Crippen LogP contribution in [0.15, 0.2) is 60.7 Å². The van der Waals surface area contributed by atoms with Gasteiger partial charge in [-0.05, 0) is 68.9 Å². The second kappa shape index (κ2) is 14.1. The fraction of sp³-hybridized carbons (Fsp3) is 0.355. The van der Waals surface area contributed by atoms with Crippen LogP contribution < -0.4 is 14.2 Å². The maximum atomic E-state index is 12.0. The Morgan fingerprint density at radius 1 is 0.950 bits per heavy atom. The minimum Gasteiger partial charge on any atom is -0.492 e. The summed E-state index contributed by atoms with van der Waals surface area (Å²) in [5.41, 5.74) is 3.74. The smallest absolute Gasteiger partial charge is 0.306 e. The van der Waals surface area contributed by atoms with Crippen LogP contribution >= 0.6 is 11.6 Å². The molecule has 0 radical (unpaired) electrons. The highest BCUT2D eigenvalue weighted by atomic mass is 35.5. The average Bonchev–Trinajstić information content (AvgIpc) is 3.25. The maximum absolute atomic E-state index is 12.0. The normalized spacial score (nSPS) is 11.2. The van der Waals surface area contributed by atoms with E-state index in [4.69, 9.17) is 35.5 Å². The van der Waals surface area contributed by atoms with E-state index >= 15 is 0 Å². The molecule has 0 fully saturated rings. The lowest BCUT2D eigenvalue weighted by Gasteiger charge is -2.14. The second-order valence-corrected chi connectivity index (χ2v) is 10.1. The van der Waals surface area contributed by atoms with Gasteiger partial charge in [-0.1, -0.05) is 29.8 Å². The van der Waals surface area contributed by atoms with Crippen molar-refractivity contribution in [1.82, 2.24) is 14.5 Å². The molecular formula is C31H36ClN3O5. The summed E-state index contributed by atoms with van der Waals surface area (Å²) in [6.45, 7) is 4.25. The minimum absolute atomic E-state index is 0.236. The molecule has 0 saturated heterocycles. The quantitative estimate of drug-likeness (QED) is 0.178. The predicted octanol–water partition coefficient (Wildman–Crippen LogP) is 5.82. The Bertz CT molecular complexity index is 1420. The number of fused-ring (bicyclic) bond motifs is 1. The van der Waals surface area contributed by atoms with Crippen molar-refractivity contribution in [1.29, 1.82) is 0 Å². The van der Waals surface area contributed by atoms with Crippen molar-refractivity contribution in [3.05, 3.63) is 82.6 Å². The first-order valence-electron chi connectivity index (χ1n) is 13.3. The van der Waals surface area contributed by atoms with Crippen molar-refractivity contribution in [2.24, 2.45) is 7.05 Å². The van der Waals surface area contributed by atoms with E-state index in [1.165, 1.54) is 0 Å². The standard InChI is InChI=1S/C31H36ClN3O5/c1-5-37-31(36)15-9-23-8-12-26(19-29(23)40-20-22-6-10-24(32)11-7-22)39-21-30-33-27-14-13-25(18-28(27)35(30)4)38-17-16-34(2)3/h6-8,10-14,18-19H,5,9,15-17,20-21H2,1-4H3. The Hall–Kier alpha value is -3.75. The maximum Gasteiger partial charge on any atom is 0.306 e. The van der Waals surface area contributed by atoms with Gasteiger partial charge in [0.2, 0.25) is 0 Å². The number of benzene rings is 3. The summed E-state index contributed by atoms with van der Waals surface area (Å²) in [6.07, 6.45) is 0.769. The van der Waals surface area contributed by atoms with E-state index in [2.05, 4.69) is 4.90 Å². The van der Waals surface area contributed by atoms with E-state index in [0.717, 1.165) is 40.3 Å². The Morgan fingerprint density at radius 3 is 2.45 bits per heavy atom. The number of carbonyl (C=O) groups is 1. The van der Waals surface area contributed by atoms with Crippen LogP contribution in [0.4, 0.5) is 0 Å². The molecule has 0 aliphatic heterocycles. The molecule has 4 rings (SSSR count). The third-order valence-electron chi connectivity index (χ3n) is 6.37.